The van der Waals surface area contributed by atoms with Crippen molar-refractivity contribution in [1.29, 1.82) is 0 Å². The second-order valence-electron chi connectivity index (χ2n) is 6.61. The zero-order valence-corrected chi connectivity index (χ0v) is 16.7. The fraction of sp³-hybridized carbons (Fsp3) is 0.350. The van der Waals surface area contributed by atoms with Crippen LogP contribution in [0.4, 0.5) is 0 Å². The van der Waals surface area contributed by atoms with E-state index in [9.17, 15) is 9.59 Å². The van der Waals surface area contributed by atoms with Crippen LogP contribution < -0.4 is 10.1 Å². The molecule has 0 atom stereocenters. The van der Waals surface area contributed by atoms with Crippen LogP contribution in [0.3, 0.4) is 0 Å². The quantitative estimate of drug-likeness (QED) is 0.784. The average Bonchev–Trinajstić information content (AvgIpc) is 2.68. The van der Waals surface area contributed by atoms with Crippen molar-refractivity contribution in [1.82, 2.24) is 15.2 Å². The number of carbonyl (C=O) groups is 2. The van der Waals surface area contributed by atoms with Gasteiger partial charge in [0, 0.05) is 43.3 Å². The predicted molar refractivity (Wildman–Crippen MR) is 106 cm³/mol. The Bertz CT molecular complexity index is 785. The first-order valence-corrected chi connectivity index (χ1v) is 9.74. The SMILES string of the molecule is CC(=O)NCC1CCN(C(=O)c2ccc(Oc3ccc(Br)cc3)nc2)CC1. The normalized spacial score (nSPS) is 14.7. The fourth-order valence-electron chi connectivity index (χ4n) is 3.00. The van der Waals surface area contributed by atoms with E-state index in [2.05, 4.69) is 26.2 Å². The molecule has 0 bridgehead atoms. The van der Waals surface area contributed by atoms with Crippen LogP contribution in [0, 0.1) is 5.92 Å². The molecule has 1 aromatic heterocycles. The molecule has 1 N–H and O–H groups in total. The number of rotatable bonds is 5. The lowest BCUT2D eigenvalue weighted by atomic mass is 9.96. The molecule has 2 amide bonds. The summed E-state index contributed by atoms with van der Waals surface area (Å²) in [5.74, 6) is 1.53. The van der Waals surface area contributed by atoms with Gasteiger partial charge in [-0.25, -0.2) is 4.98 Å². The van der Waals surface area contributed by atoms with Crippen LogP contribution in [0.15, 0.2) is 47.1 Å². The Morgan fingerprint density at radius 2 is 1.89 bits per heavy atom. The zero-order chi connectivity index (χ0) is 19.2. The summed E-state index contributed by atoms with van der Waals surface area (Å²) in [4.78, 5) is 29.7. The number of amides is 2. The van der Waals surface area contributed by atoms with Crippen molar-refractivity contribution < 1.29 is 14.3 Å². The van der Waals surface area contributed by atoms with E-state index in [-0.39, 0.29) is 11.8 Å². The van der Waals surface area contributed by atoms with Gasteiger partial charge in [0.15, 0.2) is 0 Å². The molecule has 2 heterocycles. The highest BCUT2D eigenvalue weighted by molar-refractivity contribution is 9.10. The predicted octanol–water partition coefficient (Wildman–Crippen LogP) is 3.62. The third-order valence-electron chi connectivity index (χ3n) is 4.56. The van der Waals surface area contributed by atoms with E-state index in [4.69, 9.17) is 4.74 Å². The van der Waals surface area contributed by atoms with Crippen molar-refractivity contribution in [3.8, 4) is 11.6 Å². The fourth-order valence-corrected chi connectivity index (χ4v) is 3.27. The third kappa shape index (κ3) is 5.53. The lowest BCUT2D eigenvalue weighted by Crippen LogP contribution is -2.41. The van der Waals surface area contributed by atoms with E-state index in [1.54, 1.807) is 18.3 Å². The molecule has 7 heteroatoms. The maximum Gasteiger partial charge on any atom is 0.255 e. The molecule has 3 rings (SSSR count). The number of nitrogens with one attached hydrogen (secondary N) is 1. The first kappa shape index (κ1) is 19.4. The maximum atomic E-state index is 12.6. The Hall–Kier alpha value is -2.41. The Balaban J connectivity index is 1.53. The third-order valence-corrected chi connectivity index (χ3v) is 5.09. The molecule has 142 valence electrons. The number of pyridine rings is 1. The molecular formula is C20H22BrN3O3. The van der Waals surface area contributed by atoms with Crippen molar-refractivity contribution in [3.63, 3.8) is 0 Å². The van der Waals surface area contributed by atoms with Crippen molar-refractivity contribution in [3.05, 3.63) is 52.6 Å². The van der Waals surface area contributed by atoms with Crippen molar-refractivity contribution >= 4 is 27.7 Å². The van der Waals surface area contributed by atoms with E-state index >= 15 is 0 Å². The van der Waals surface area contributed by atoms with Gasteiger partial charge in [-0.1, -0.05) is 15.9 Å². The molecule has 0 spiro atoms. The minimum Gasteiger partial charge on any atom is -0.439 e. The Morgan fingerprint density at radius 3 is 2.48 bits per heavy atom. The van der Waals surface area contributed by atoms with Crippen molar-refractivity contribution in [2.75, 3.05) is 19.6 Å². The lowest BCUT2D eigenvalue weighted by molar-refractivity contribution is -0.119. The van der Waals surface area contributed by atoms with Crippen LogP contribution in [0.1, 0.15) is 30.1 Å². The molecule has 1 aliphatic heterocycles. The monoisotopic (exact) mass is 431 g/mol. The number of aromatic nitrogens is 1. The number of likely N-dealkylation sites (tertiary alicyclic amines) is 1. The van der Waals surface area contributed by atoms with Gasteiger partial charge in [0.05, 0.1) is 5.56 Å². The van der Waals surface area contributed by atoms with Gasteiger partial charge in [0.2, 0.25) is 11.8 Å². The Kier molecular flexibility index (Phi) is 6.45. The highest BCUT2D eigenvalue weighted by Crippen LogP contribution is 2.23. The molecule has 0 aliphatic carbocycles. The summed E-state index contributed by atoms with van der Waals surface area (Å²) in [6, 6.07) is 10.9. The van der Waals surface area contributed by atoms with Gasteiger partial charge in [-0.05, 0) is 49.1 Å². The largest absolute Gasteiger partial charge is 0.439 e. The van der Waals surface area contributed by atoms with Gasteiger partial charge in [0.25, 0.3) is 5.91 Å². The molecule has 27 heavy (non-hydrogen) atoms. The zero-order valence-electron chi connectivity index (χ0n) is 15.2. The highest BCUT2D eigenvalue weighted by atomic mass is 79.9. The van der Waals surface area contributed by atoms with Gasteiger partial charge < -0.3 is 15.0 Å². The Labute approximate surface area is 167 Å². The summed E-state index contributed by atoms with van der Waals surface area (Å²) in [7, 11) is 0. The molecular weight excluding hydrogens is 410 g/mol. The number of ether oxygens (including phenoxy) is 1. The van der Waals surface area contributed by atoms with Crippen molar-refractivity contribution in [2.45, 2.75) is 19.8 Å². The summed E-state index contributed by atoms with van der Waals surface area (Å²) in [6.45, 7) is 3.59. The van der Waals surface area contributed by atoms with Crippen LogP contribution in [-0.4, -0.2) is 41.3 Å². The van der Waals surface area contributed by atoms with E-state index in [0.717, 1.165) is 17.3 Å². The van der Waals surface area contributed by atoms with E-state index in [0.29, 0.717) is 42.7 Å². The van der Waals surface area contributed by atoms with E-state index < -0.39 is 0 Å². The number of hydrogen-bond donors (Lipinski definition) is 1. The molecule has 1 aliphatic rings. The summed E-state index contributed by atoms with van der Waals surface area (Å²) in [5.41, 5.74) is 0.554. The van der Waals surface area contributed by atoms with Crippen LogP contribution in [0.25, 0.3) is 0 Å². The summed E-state index contributed by atoms with van der Waals surface area (Å²) in [6.07, 6.45) is 3.34. The molecule has 2 aromatic rings. The maximum absolute atomic E-state index is 12.6. The molecule has 0 saturated carbocycles. The minimum atomic E-state index is -0.0179. The van der Waals surface area contributed by atoms with Crippen LogP contribution in [0.2, 0.25) is 0 Å². The van der Waals surface area contributed by atoms with Gasteiger partial charge >= 0.3 is 0 Å². The summed E-state index contributed by atoms with van der Waals surface area (Å²) >= 11 is 3.38. The second kappa shape index (κ2) is 8.99. The van der Waals surface area contributed by atoms with Gasteiger partial charge in [-0.2, -0.15) is 0 Å². The highest BCUT2D eigenvalue weighted by Gasteiger charge is 2.24. The van der Waals surface area contributed by atoms with Gasteiger partial charge in [-0.3, -0.25) is 9.59 Å². The minimum absolute atomic E-state index is 0.00923. The Morgan fingerprint density at radius 1 is 1.19 bits per heavy atom. The number of piperidine rings is 1. The van der Waals surface area contributed by atoms with Crippen LogP contribution >= 0.6 is 15.9 Å². The molecule has 6 nitrogen and oxygen atoms in total. The van der Waals surface area contributed by atoms with Crippen molar-refractivity contribution in [2.24, 2.45) is 5.92 Å². The summed E-state index contributed by atoms with van der Waals surface area (Å²) < 4.78 is 6.66. The molecule has 0 unspecified atom stereocenters. The summed E-state index contributed by atoms with van der Waals surface area (Å²) in [5, 5.41) is 2.85. The molecule has 1 fully saturated rings. The number of hydrogen-bond acceptors (Lipinski definition) is 4. The number of carbonyl (C=O) groups excluding carboxylic acids is 2. The van der Waals surface area contributed by atoms with Crippen LogP contribution in [-0.2, 0) is 4.79 Å². The van der Waals surface area contributed by atoms with Gasteiger partial charge in [0.1, 0.15) is 5.75 Å². The molecule has 1 aromatic carbocycles. The van der Waals surface area contributed by atoms with Gasteiger partial charge in [-0.15, -0.1) is 0 Å². The van der Waals surface area contributed by atoms with E-state index in [1.807, 2.05) is 29.2 Å². The second-order valence-corrected chi connectivity index (χ2v) is 7.53. The average molecular weight is 432 g/mol. The topological polar surface area (TPSA) is 71.5 Å². The van der Waals surface area contributed by atoms with E-state index in [1.165, 1.54) is 6.92 Å². The first-order chi connectivity index (χ1) is 13.0. The smallest absolute Gasteiger partial charge is 0.255 e. The lowest BCUT2D eigenvalue weighted by Gasteiger charge is -2.32. The number of nitrogens with zero attached hydrogens (tertiary/aromatic N) is 2. The molecule has 0 radical (unpaired) electrons. The standard InChI is InChI=1S/C20H22BrN3O3/c1-14(25)22-12-15-8-10-24(11-9-15)20(26)16-2-7-19(23-13-16)27-18-5-3-17(21)4-6-18/h2-7,13,15H,8-12H2,1H3,(H,22,25). The number of benzene rings is 1. The number of halogens is 1. The molecule has 1 saturated heterocycles. The van der Waals surface area contributed by atoms with Crippen LogP contribution in [0.5, 0.6) is 11.6 Å². The first-order valence-electron chi connectivity index (χ1n) is 8.94.